The number of pyridine rings is 1. The van der Waals surface area contributed by atoms with Crippen molar-refractivity contribution in [3.63, 3.8) is 0 Å². The van der Waals surface area contributed by atoms with E-state index in [2.05, 4.69) is 25.4 Å². The molecule has 198 valence electrons. The van der Waals surface area contributed by atoms with E-state index in [-0.39, 0.29) is 50.1 Å². The number of carbonyl (C=O) groups is 1. The maximum absolute atomic E-state index is 13.3. The van der Waals surface area contributed by atoms with Crippen molar-refractivity contribution < 1.29 is 26.4 Å². The molecule has 4 aromatic heterocycles. The van der Waals surface area contributed by atoms with Crippen molar-refractivity contribution in [3.8, 4) is 11.4 Å². The summed E-state index contributed by atoms with van der Waals surface area (Å²) in [5.41, 5.74) is -0.638. The molecule has 0 saturated carbocycles. The van der Waals surface area contributed by atoms with E-state index in [4.69, 9.17) is 0 Å². The minimum absolute atomic E-state index is 0.00116. The van der Waals surface area contributed by atoms with E-state index in [1.807, 2.05) is 20.8 Å². The normalized spacial score (nSPS) is 13.0. The number of fused-ring (bicyclic) bond motifs is 2. The number of halogens is 3. The molecule has 0 saturated heterocycles. The van der Waals surface area contributed by atoms with Crippen LogP contribution in [0.5, 0.6) is 0 Å². The fraction of sp³-hybridized carbons (Fsp3) is 0.435. The smallest absolute Gasteiger partial charge is 0.350 e. The Balaban J connectivity index is 2.02. The lowest BCUT2D eigenvalue weighted by atomic mass is 9.97. The number of nitrogens with one attached hydrogen (secondary N) is 1. The summed E-state index contributed by atoms with van der Waals surface area (Å²) >= 11 is 0. The molecule has 0 aliphatic heterocycles. The predicted molar refractivity (Wildman–Crippen MR) is 130 cm³/mol. The fourth-order valence-electron chi connectivity index (χ4n) is 3.76. The van der Waals surface area contributed by atoms with E-state index in [9.17, 15) is 26.4 Å². The Morgan fingerprint density at radius 3 is 2.35 bits per heavy atom. The van der Waals surface area contributed by atoms with Gasteiger partial charge in [0.25, 0.3) is 5.91 Å². The Kier molecular flexibility index (Phi) is 6.29. The zero-order valence-corrected chi connectivity index (χ0v) is 21.9. The molecule has 0 aliphatic rings. The molecule has 0 atom stereocenters. The zero-order valence-electron chi connectivity index (χ0n) is 21.1. The maximum atomic E-state index is 13.3. The number of hydrogen-bond acceptors (Lipinski definition) is 7. The van der Waals surface area contributed by atoms with Crippen molar-refractivity contribution in [2.45, 2.75) is 45.8 Å². The highest BCUT2D eigenvalue weighted by Crippen LogP contribution is 2.35. The van der Waals surface area contributed by atoms with E-state index in [1.54, 1.807) is 6.92 Å². The van der Waals surface area contributed by atoms with Crippen LogP contribution < -0.4 is 5.32 Å². The van der Waals surface area contributed by atoms with Gasteiger partial charge in [-0.3, -0.25) is 4.79 Å². The summed E-state index contributed by atoms with van der Waals surface area (Å²) in [6.45, 7) is 9.27. The third-order valence-corrected chi connectivity index (χ3v) is 7.36. The maximum Gasteiger partial charge on any atom is 0.417 e. The lowest BCUT2D eigenvalue weighted by molar-refractivity contribution is -0.137. The Hall–Kier alpha value is -3.55. The molecule has 1 amide bonds. The lowest BCUT2D eigenvalue weighted by Crippen LogP contribution is -2.34. The topological polar surface area (TPSA) is 124 Å². The number of alkyl halides is 3. The van der Waals surface area contributed by atoms with Gasteiger partial charge in [0.2, 0.25) is 0 Å². The van der Waals surface area contributed by atoms with Crippen molar-refractivity contribution in [3.05, 3.63) is 35.3 Å². The van der Waals surface area contributed by atoms with E-state index < -0.39 is 27.5 Å². The average molecular weight is 538 g/mol. The van der Waals surface area contributed by atoms with Crippen LogP contribution in [-0.4, -0.2) is 55.8 Å². The molecule has 4 aromatic rings. The number of sulfone groups is 1. The third kappa shape index (κ3) is 4.77. The first kappa shape index (κ1) is 26.5. The van der Waals surface area contributed by atoms with Crippen LogP contribution in [0.1, 0.15) is 49.3 Å². The Morgan fingerprint density at radius 1 is 1.11 bits per heavy atom. The summed E-state index contributed by atoms with van der Waals surface area (Å²) in [6, 6.07) is 0.842. The molecule has 0 spiro atoms. The molecule has 1 N–H and O–H groups in total. The first-order valence-corrected chi connectivity index (χ1v) is 13.0. The van der Waals surface area contributed by atoms with Gasteiger partial charge < -0.3 is 9.88 Å². The number of aryl methyl sites for hydroxylation is 2. The summed E-state index contributed by atoms with van der Waals surface area (Å²) in [7, 11) is -2.47. The number of rotatable bonds is 5. The van der Waals surface area contributed by atoms with Gasteiger partial charge in [-0.05, 0) is 24.0 Å². The number of hydrogen-bond donors (Lipinski definition) is 1. The van der Waals surface area contributed by atoms with Gasteiger partial charge in [0, 0.05) is 26.0 Å². The van der Waals surface area contributed by atoms with Gasteiger partial charge in [-0.25, -0.2) is 27.9 Å². The van der Waals surface area contributed by atoms with Crippen LogP contribution in [0.4, 0.5) is 13.2 Å². The predicted octanol–water partition coefficient (Wildman–Crippen LogP) is 3.57. The largest absolute Gasteiger partial charge is 0.417 e. The van der Waals surface area contributed by atoms with Gasteiger partial charge in [0.15, 0.2) is 26.2 Å². The van der Waals surface area contributed by atoms with Gasteiger partial charge in [-0.15, -0.1) is 0 Å². The Labute approximate surface area is 210 Å². The average Bonchev–Trinajstić information content (AvgIpc) is 3.34. The number of carbonyl (C=O) groups excluding carboxylic acids is 1. The van der Waals surface area contributed by atoms with E-state index in [1.165, 1.54) is 24.7 Å². The second-order valence-corrected chi connectivity index (χ2v) is 12.1. The van der Waals surface area contributed by atoms with Crippen LogP contribution in [-0.2, 0) is 23.1 Å². The van der Waals surface area contributed by atoms with Crippen molar-refractivity contribution in [1.29, 1.82) is 0 Å². The summed E-state index contributed by atoms with van der Waals surface area (Å²) in [5, 5.41) is 6.73. The minimum Gasteiger partial charge on any atom is -0.350 e. The number of aromatic nitrogens is 6. The van der Waals surface area contributed by atoms with Crippen molar-refractivity contribution in [2.24, 2.45) is 12.5 Å². The van der Waals surface area contributed by atoms with Gasteiger partial charge in [0.1, 0.15) is 22.6 Å². The summed E-state index contributed by atoms with van der Waals surface area (Å²) < 4.78 is 68.5. The minimum atomic E-state index is -4.63. The van der Waals surface area contributed by atoms with Crippen LogP contribution >= 0.6 is 0 Å². The zero-order chi connectivity index (χ0) is 27.5. The van der Waals surface area contributed by atoms with E-state index >= 15 is 0 Å². The monoisotopic (exact) mass is 537 g/mol. The van der Waals surface area contributed by atoms with E-state index in [0.717, 1.165) is 10.6 Å². The summed E-state index contributed by atoms with van der Waals surface area (Å²) in [6.07, 6.45) is -2.53. The summed E-state index contributed by atoms with van der Waals surface area (Å²) in [4.78, 5) is 25.7. The molecule has 0 aliphatic carbocycles. The Bertz CT molecular complexity index is 1650. The quantitative estimate of drug-likeness (QED) is 0.413. The third-order valence-electron chi connectivity index (χ3n) is 5.72. The molecule has 0 bridgehead atoms. The molecule has 0 unspecified atom stereocenters. The number of imidazole rings is 1. The molecular weight excluding hydrogens is 511 g/mol. The highest BCUT2D eigenvalue weighted by molar-refractivity contribution is 7.91. The first-order chi connectivity index (χ1) is 17.0. The van der Waals surface area contributed by atoms with Gasteiger partial charge in [-0.2, -0.15) is 18.3 Å². The number of amides is 1. The highest BCUT2D eigenvalue weighted by atomic mass is 32.2. The number of nitrogens with zero attached hydrogens (tertiary/aromatic N) is 6. The molecule has 10 nitrogen and oxygen atoms in total. The van der Waals surface area contributed by atoms with E-state index in [0.29, 0.717) is 18.3 Å². The SMILES string of the molecule is CCS(=O)(=O)c1nn2c(C(=O)NCC(C)(C)C)c(C)cnc2c1-c1nc2cc(C(F)(F)F)cnc2n1C. The van der Waals surface area contributed by atoms with Crippen LogP contribution in [0.2, 0.25) is 0 Å². The van der Waals surface area contributed by atoms with Crippen molar-refractivity contribution >= 4 is 32.6 Å². The van der Waals surface area contributed by atoms with Crippen LogP contribution in [0.3, 0.4) is 0 Å². The van der Waals surface area contributed by atoms with Crippen LogP contribution in [0.15, 0.2) is 23.5 Å². The standard InChI is InChI=1S/C23H26F3N7O3S/c1-7-37(35,36)21-15(19-30-14-8-13(23(24,25)26)10-28-17(14)32(19)6)18-27-9-12(2)16(33(18)31-21)20(34)29-11-22(3,4)5/h8-10H,7,11H2,1-6H3,(H,29,34). The molecule has 14 heteroatoms. The summed E-state index contributed by atoms with van der Waals surface area (Å²) in [5.74, 6) is -0.786. The second-order valence-electron chi connectivity index (χ2n) is 9.91. The molecule has 0 aromatic carbocycles. The molecule has 37 heavy (non-hydrogen) atoms. The lowest BCUT2D eigenvalue weighted by Gasteiger charge is -2.19. The molecule has 4 rings (SSSR count). The fourth-order valence-corrected chi connectivity index (χ4v) is 4.73. The van der Waals surface area contributed by atoms with Crippen molar-refractivity contribution in [1.82, 2.24) is 34.4 Å². The molecule has 0 fully saturated rings. The highest BCUT2D eigenvalue weighted by Gasteiger charge is 2.34. The Morgan fingerprint density at radius 2 is 1.76 bits per heavy atom. The molecular formula is C23H26F3N7O3S. The van der Waals surface area contributed by atoms with Crippen LogP contribution in [0, 0.1) is 12.3 Å². The molecule has 0 radical (unpaired) electrons. The van der Waals surface area contributed by atoms with Crippen molar-refractivity contribution in [2.75, 3.05) is 12.3 Å². The second kappa shape index (κ2) is 8.78. The molecule has 4 heterocycles. The van der Waals surface area contributed by atoms with Gasteiger partial charge in [-0.1, -0.05) is 27.7 Å². The van der Waals surface area contributed by atoms with Gasteiger partial charge in [0.05, 0.1) is 11.3 Å². The van der Waals surface area contributed by atoms with Gasteiger partial charge >= 0.3 is 6.18 Å². The van der Waals surface area contributed by atoms with Crippen LogP contribution in [0.25, 0.3) is 28.2 Å². The first-order valence-electron chi connectivity index (χ1n) is 11.3.